The number of carbonyl (C=O) groups is 2. The molecule has 3 fully saturated rings. The van der Waals surface area contributed by atoms with Gasteiger partial charge in [-0.05, 0) is 64.0 Å². The summed E-state index contributed by atoms with van der Waals surface area (Å²) in [5.41, 5.74) is 7.19. The average Bonchev–Trinajstić information content (AvgIpc) is 3.23. The number of Topliss-reactive ketones (excluding diaryl/α,β-unsaturated/α-hetero) is 1. The van der Waals surface area contributed by atoms with E-state index in [1.165, 1.54) is 5.57 Å². The van der Waals surface area contributed by atoms with E-state index in [1.54, 1.807) is 0 Å². The van der Waals surface area contributed by atoms with Gasteiger partial charge >= 0.3 is 0 Å². The third-order valence-corrected chi connectivity index (χ3v) is 7.92. The van der Waals surface area contributed by atoms with Gasteiger partial charge in [-0.25, -0.2) is 0 Å². The van der Waals surface area contributed by atoms with Gasteiger partial charge in [-0.1, -0.05) is 30.2 Å². The molecule has 0 aromatic rings. The standard InChI is InChI=1S/C26H35N3O2/c1-3-21-19-11-12-20(9-5-13-26(21,16-19)23(30)10-6-14-27)28-25(31)22-15-18-8-4-7-17(2)24(18)29-22/h1,4,7-8,15,18-21,24,29H,5-6,9-14,16,27H2,2H3,(H,28,31)/t18?,19-,20+,21?,24?,26?/m0/s1. The minimum Gasteiger partial charge on any atom is -0.373 e. The van der Waals surface area contributed by atoms with Gasteiger partial charge in [0, 0.05) is 29.7 Å². The molecule has 5 aliphatic rings. The van der Waals surface area contributed by atoms with Crippen LogP contribution in [0.4, 0.5) is 0 Å². The molecule has 0 aromatic heterocycles. The van der Waals surface area contributed by atoms with Crippen LogP contribution in [0.25, 0.3) is 0 Å². The smallest absolute Gasteiger partial charge is 0.267 e. The predicted octanol–water partition coefficient (Wildman–Crippen LogP) is 2.99. The van der Waals surface area contributed by atoms with Gasteiger partial charge in [0.25, 0.3) is 5.91 Å². The van der Waals surface area contributed by atoms with Crippen molar-refractivity contribution < 1.29 is 9.59 Å². The Labute approximate surface area is 186 Å². The lowest BCUT2D eigenvalue weighted by molar-refractivity contribution is -0.143. The summed E-state index contributed by atoms with van der Waals surface area (Å²) in [6, 6.07) is 0.313. The van der Waals surface area contributed by atoms with E-state index in [0.29, 0.717) is 30.4 Å². The highest BCUT2D eigenvalue weighted by Gasteiger charge is 2.56. The van der Waals surface area contributed by atoms with Gasteiger partial charge in [-0.3, -0.25) is 9.59 Å². The molecule has 0 saturated heterocycles. The molecule has 31 heavy (non-hydrogen) atoms. The third kappa shape index (κ3) is 4.11. The van der Waals surface area contributed by atoms with Gasteiger partial charge in [-0.2, -0.15) is 0 Å². The molecule has 4 aliphatic carbocycles. The lowest BCUT2D eigenvalue weighted by Crippen LogP contribution is -2.52. The molecule has 1 heterocycles. The summed E-state index contributed by atoms with van der Waals surface area (Å²) in [5.74, 6) is 3.91. The lowest BCUT2D eigenvalue weighted by Gasteiger charge is -2.52. The Morgan fingerprint density at radius 2 is 2.19 bits per heavy atom. The Balaban J connectivity index is 1.38. The quantitative estimate of drug-likeness (QED) is 0.576. The van der Waals surface area contributed by atoms with Crippen LogP contribution in [0.15, 0.2) is 35.6 Å². The fraction of sp³-hybridized carbons (Fsp3) is 0.615. The Kier molecular flexibility index (Phi) is 6.39. The van der Waals surface area contributed by atoms with Crippen LogP contribution in [0.2, 0.25) is 0 Å². The summed E-state index contributed by atoms with van der Waals surface area (Å²) in [6.07, 6.45) is 20.9. The van der Waals surface area contributed by atoms with Crippen molar-refractivity contribution in [2.45, 2.75) is 70.4 Å². The number of ketones is 1. The van der Waals surface area contributed by atoms with Crippen molar-refractivity contribution in [3.05, 3.63) is 35.6 Å². The number of fused-ring (bicyclic) bond motifs is 6. The molecule has 1 amide bonds. The van der Waals surface area contributed by atoms with Crippen molar-refractivity contribution >= 4 is 11.7 Å². The van der Waals surface area contributed by atoms with E-state index in [2.05, 4.69) is 41.7 Å². The van der Waals surface area contributed by atoms with Gasteiger partial charge in [0.15, 0.2) is 0 Å². The molecular formula is C26H35N3O2. The third-order valence-electron chi connectivity index (χ3n) is 7.92. The molecule has 0 radical (unpaired) electrons. The van der Waals surface area contributed by atoms with E-state index < -0.39 is 0 Å². The van der Waals surface area contributed by atoms with Crippen LogP contribution in [0.3, 0.4) is 0 Å². The Bertz CT molecular complexity index is 864. The summed E-state index contributed by atoms with van der Waals surface area (Å²) in [6.45, 7) is 2.64. The molecule has 0 aromatic carbocycles. The Hall–Kier alpha value is -2.32. The van der Waals surface area contributed by atoms with Crippen molar-refractivity contribution in [1.82, 2.24) is 10.6 Å². The first-order chi connectivity index (χ1) is 15.0. The topological polar surface area (TPSA) is 84.2 Å². The summed E-state index contributed by atoms with van der Waals surface area (Å²) < 4.78 is 0. The van der Waals surface area contributed by atoms with Gasteiger partial charge in [0.05, 0.1) is 11.7 Å². The molecule has 5 rings (SSSR count). The lowest BCUT2D eigenvalue weighted by atomic mass is 9.49. The zero-order valence-corrected chi connectivity index (χ0v) is 18.5. The average molecular weight is 422 g/mol. The molecule has 0 spiro atoms. The van der Waals surface area contributed by atoms with Gasteiger partial charge < -0.3 is 16.4 Å². The molecule has 5 nitrogen and oxygen atoms in total. The van der Waals surface area contributed by atoms with Crippen molar-refractivity contribution in [3.63, 3.8) is 0 Å². The second-order valence-electron chi connectivity index (χ2n) is 9.80. The van der Waals surface area contributed by atoms with E-state index in [-0.39, 0.29) is 35.2 Å². The maximum absolute atomic E-state index is 13.0. The normalized spacial score (nSPS) is 36.2. The maximum Gasteiger partial charge on any atom is 0.267 e. The number of nitrogens with two attached hydrogens (primary N) is 1. The van der Waals surface area contributed by atoms with Crippen LogP contribution in [0.1, 0.15) is 58.3 Å². The molecule has 166 valence electrons. The van der Waals surface area contributed by atoms with Gasteiger partial charge in [0.1, 0.15) is 5.78 Å². The minimum absolute atomic E-state index is 0.0190. The molecule has 1 aliphatic heterocycles. The van der Waals surface area contributed by atoms with E-state index in [1.807, 2.05) is 6.08 Å². The maximum atomic E-state index is 13.0. The molecular weight excluding hydrogens is 386 g/mol. The first-order valence-electron chi connectivity index (χ1n) is 11.8. The predicted molar refractivity (Wildman–Crippen MR) is 123 cm³/mol. The van der Waals surface area contributed by atoms with Crippen molar-refractivity contribution in [3.8, 4) is 12.3 Å². The van der Waals surface area contributed by atoms with E-state index in [9.17, 15) is 9.59 Å². The van der Waals surface area contributed by atoms with E-state index >= 15 is 0 Å². The molecule has 3 saturated carbocycles. The van der Waals surface area contributed by atoms with E-state index in [0.717, 1.165) is 44.9 Å². The zero-order chi connectivity index (χ0) is 22.0. The number of nitrogens with one attached hydrogen (secondary N) is 2. The number of allylic oxidation sites excluding steroid dienone is 2. The fourth-order valence-corrected chi connectivity index (χ4v) is 6.16. The molecule has 4 N–H and O–H groups in total. The highest BCUT2D eigenvalue weighted by Crippen LogP contribution is 2.57. The summed E-state index contributed by atoms with van der Waals surface area (Å²) in [5, 5.41) is 6.66. The molecule has 4 unspecified atom stereocenters. The first-order valence-corrected chi connectivity index (χ1v) is 11.8. The monoisotopic (exact) mass is 421 g/mol. The highest BCUT2D eigenvalue weighted by molar-refractivity contribution is 5.94. The largest absolute Gasteiger partial charge is 0.373 e. The van der Waals surface area contributed by atoms with Crippen molar-refractivity contribution in [1.29, 1.82) is 0 Å². The molecule has 5 heteroatoms. The minimum atomic E-state index is -0.352. The van der Waals surface area contributed by atoms with Crippen LogP contribution >= 0.6 is 0 Å². The summed E-state index contributed by atoms with van der Waals surface area (Å²) in [4.78, 5) is 26.0. The van der Waals surface area contributed by atoms with Crippen molar-refractivity contribution in [2.75, 3.05) is 6.54 Å². The number of hydrogen-bond acceptors (Lipinski definition) is 4. The fourth-order valence-electron chi connectivity index (χ4n) is 6.16. The van der Waals surface area contributed by atoms with Crippen LogP contribution in [0.5, 0.6) is 0 Å². The Morgan fingerprint density at radius 3 is 2.94 bits per heavy atom. The van der Waals surface area contributed by atoms with Crippen LogP contribution in [-0.2, 0) is 9.59 Å². The van der Waals surface area contributed by atoms with Gasteiger partial charge in [-0.15, -0.1) is 12.3 Å². The van der Waals surface area contributed by atoms with Gasteiger partial charge in [0.2, 0.25) is 0 Å². The molecule has 6 atom stereocenters. The number of amides is 1. The Morgan fingerprint density at radius 1 is 1.35 bits per heavy atom. The van der Waals surface area contributed by atoms with Crippen LogP contribution < -0.4 is 16.4 Å². The molecule has 2 bridgehead atoms. The van der Waals surface area contributed by atoms with Crippen LogP contribution in [-0.4, -0.2) is 30.3 Å². The summed E-state index contributed by atoms with van der Waals surface area (Å²) >= 11 is 0. The summed E-state index contributed by atoms with van der Waals surface area (Å²) in [7, 11) is 0. The first kappa shape index (κ1) is 21.9. The van der Waals surface area contributed by atoms with E-state index in [4.69, 9.17) is 12.2 Å². The number of rotatable bonds is 6. The second kappa shape index (κ2) is 9.04. The highest BCUT2D eigenvalue weighted by atomic mass is 16.2. The number of terminal acetylenes is 1. The van der Waals surface area contributed by atoms with Crippen LogP contribution in [0, 0.1) is 35.5 Å². The number of carbonyl (C=O) groups excluding carboxylic acids is 2. The zero-order valence-electron chi connectivity index (χ0n) is 18.5. The number of hydrogen-bond donors (Lipinski definition) is 3. The SMILES string of the molecule is C#CC1[C@H]2CC[C@H](NC(=O)C3=CC4C=CC=C(C)C4N3)CCCC1(C(=O)CCCN)C2. The second-order valence-corrected chi connectivity index (χ2v) is 9.80. The van der Waals surface area contributed by atoms with Crippen molar-refractivity contribution in [2.24, 2.45) is 28.9 Å².